The Labute approximate surface area is 106 Å². The van der Waals surface area contributed by atoms with Crippen LogP contribution in [0.5, 0.6) is 5.75 Å². The lowest BCUT2D eigenvalue weighted by Gasteiger charge is -2.24. The highest BCUT2D eigenvalue weighted by Gasteiger charge is 2.25. The zero-order valence-corrected chi connectivity index (χ0v) is 10.1. The molecule has 2 rings (SSSR count). The first-order valence-electron chi connectivity index (χ1n) is 5.98. The lowest BCUT2D eigenvalue weighted by molar-refractivity contribution is -0.148. The van der Waals surface area contributed by atoms with Crippen LogP contribution in [0.15, 0.2) is 24.3 Å². The van der Waals surface area contributed by atoms with Gasteiger partial charge in [-0.3, -0.25) is 14.5 Å². The molecule has 0 atom stereocenters. The molecule has 5 heteroatoms. The van der Waals surface area contributed by atoms with Crippen LogP contribution in [-0.4, -0.2) is 29.9 Å². The summed E-state index contributed by atoms with van der Waals surface area (Å²) in [4.78, 5) is 24.3. The minimum atomic E-state index is -0.109. The standard InChI is InChI=1S/C13H16N2O3/c14-10-3-1-4-11(9-10)18-8-7-15-12(16)5-2-6-13(15)17/h1,3-4,9H,2,5-8,14H2. The van der Waals surface area contributed by atoms with E-state index in [0.29, 0.717) is 43.9 Å². The molecule has 1 heterocycles. The van der Waals surface area contributed by atoms with Gasteiger partial charge < -0.3 is 10.5 Å². The average molecular weight is 248 g/mol. The van der Waals surface area contributed by atoms with Gasteiger partial charge in [-0.25, -0.2) is 0 Å². The van der Waals surface area contributed by atoms with Gasteiger partial charge in [0, 0.05) is 24.6 Å². The van der Waals surface area contributed by atoms with Crippen molar-refractivity contribution < 1.29 is 14.3 Å². The molecular weight excluding hydrogens is 232 g/mol. The van der Waals surface area contributed by atoms with Crippen molar-refractivity contribution >= 4 is 17.5 Å². The number of nitrogen functional groups attached to an aromatic ring is 1. The molecule has 1 fully saturated rings. The van der Waals surface area contributed by atoms with Gasteiger partial charge in [0.05, 0.1) is 6.54 Å². The molecule has 5 nitrogen and oxygen atoms in total. The molecule has 0 bridgehead atoms. The van der Waals surface area contributed by atoms with Gasteiger partial charge in [0.2, 0.25) is 11.8 Å². The molecule has 2 N–H and O–H groups in total. The zero-order valence-electron chi connectivity index (χ0n) is 10.1. The van der Waals surface area contributed by atoms with E-state index in [9.17, 15) is 9.59 Å². The summed E-state index contributed by atoms with van der Waals surface area (Å²) in [6.45, 7) is 0.591. The fourth-order valence-electron chi connectivity index (χ4n) is 1.91. The van der Waals surface area contributed by atoms with Gasteiger partial charge in [0.15, 0.2) is 0 Å². The lowest BCUT2D eigenvalue weighted by Crippen LogP contribution is -2.42. The largest absolute Gasteiger partial charge is 0.492 e. The van der Waals surface area contributed by atoms with E-state index in [-0.39, 0.29) is 11.8 Å². The zero-order chi connectivity index (χ0) is 13.0. The van der Waals surface area contributed by atoms with E-state index in [1.54, 1.807) is 24.3 Å². The Balaban J connectivity index is 1.84. The fraction of sp³-hybridized carbons (Fsp3) is 0.385. The summed E-state index contributed by atoms with van der Waals surface area (Å²) in [7, 11) is 0. The molecule has 1 aliphatic heterocycles. The number of carbonyl (C=O) groups is 2. The van der Waals surface area contributed by atoms with Gasteiger partial charge in [-0.05, 0) is 18.6 Å². The molecule has 1 aromatic rings. The van der Waals surface area contributed by atoms with Crippen LogP contribution in [0.4, 0.5) is 5.69 Å². The second-order valence-corrected chi connectivity index (χ2v) is 4.21. The Hall–Kier alpha value is -2.04. The molecule has 96 valence electrons. The minimum absolute atomic E-state index is 0.109. The maximum absolute atomic E-state index is 11.5. The van der Waals surface area contributed by atoms with Crippen LogP contribution in [0.3, 0.4) is 0 Å². The van der Waals surface area contributed by atoms with Gasteiger partial charge in [0.1, 0.15) is 12.4 Å². The molecule has 0 aliphatic carbocycles. The van der Waals surface area contributed by atoms with Gasteiger partial charge in [-0.1, -0.05) is 6.07 Å². The summed E-state index contributed by atoms with van der Waals surface area (Å²) >= 11 is 0. The van der Waals surface area contributed by atoms with E-state index in [1.807, 2.05) is 0 Å². The van der Waals surface area contributed by atoms with E-state index < -0.39 is 0 Å². The van der Waals surface area contributed by atoms with Crippen LogP contribution < -0.4 is 10.5 Å². The molecule has 1 saturated heterocycles. The molecule has 0 radical (unpaired) electrons. The Morgan fingerprint density at radius 2 is 1.94 bits per heavy atom. The summed E-state index contributed by atoms with van der Waals surface area (Å²) in [5, 5.41) is 0. The number of likely N-dealkylation sites (tertiary alicyclic amines) is 1. The first kappa shape index (κ1) is 12.4. The molecule has 2 amide bonds. The number of hydrogen-bond acceptors (Lipinski definition) is 4. The van der Waals surface area contributed by atoms with Crippen molar-refractivity contribution in [3.63, 3.8) is 0 Å². The minimum Gasteiger partial charge on any atom is -0.492 e. The summed E-state index contributed by atoms with van der Waals surface area (Å²) in [5.41, 5.74) is 6.24. The lowest BCUT2D eigenvalue weighted by atomic mass is 10.1. The van der Waals surface area contributed by atoms with E-state index >= 15 is 0 Å². The Morgan fingerprint density at radius 3 is 2.61 bits per heavy atom. The second-order valence-electron chi connectivity index (χ2n) is 4.21. The number of rotatable bonds is 4. The van der Waals surface area contributed by atoms with Crippen LogP contribution in [0.2, 0.25) is 0 Å². The second kappa shape index (κ2) is 5.53. The Bertz CT molecular complexity index is 443. The number of anilines is 1. The average Bonchev–Trinajstić information content (AvgIpc) is 2.33. The molecular formula is C13H16N2O3. The highest BCUT2D eigenvalue weighted by Crippen LogP contribution is 2.15. The first-order valence-corrected chi connectivity index (χ1v) is 5.98. The number of amides is 2. The van der Waals surface area contributed by atoms with Crippen LogP contribution in [0, 0.1) is 0 Å². The number of ether oxygens (including phenoxy) is 1. The SMILES string of the molecule is Nc1cccc(OCCN2C(=O)CCCC2=O)c1. The molecule has 18 heavy (non-hydrogen) atoms. The quantitative estimate of drug-likeness (QED) is 0.641. The Kier molecular flexibility index (Phi) is 3.82. The maximum Gasteiger partial charge on any atom is 0.229 e. The number of hydrogen-bond donors (Lipinski definition) is 1. The predicted molar refractivity (Wildman–Crippen MR) is 66.9 cm³/mol. The van der Waals surface area contributed by atoms with Crippen molar-refractivity contribution in [2.24, 2.45) is 0 Å². The van der Waals surface area contributed by atoms with E-state index in [2.05, 4.69) is 0 Å². The highest BCUT2D eigenvalue weighted by atomic mass is 16.5. The smallest absolute Gasteiger partial charge is 0.229 e. The maximum atomic E-state index is 11.5. The first-order chi connectivity index (χ1) is 8.66. The van der Waals surface area contributed by atoms with Crippen LogP contribution in [0.1, 0.15) is 19.3 Å². The summed E-state index contributed by atoms with van der Waals surface area (Å²) < 4.78 is 5.46. The third-order valence-corrected chi connectivity index (χ3v) is 2.83. The van der Waals surface area contributed by atoms with Gasteiger partial charge in [0.25, 0.3) is 0 Å². The topological polar surface area (TPSA) is 72.6 Å². The molecule has 0 aromatic heterocycles. The van der Waals surface area contributed by atoms with Crippen molar-refractivity contribution in [2.45, 2.75) is 19.3 Å². The van der Waals surface area contributed by atoms with E-state index in [0.717, 1.165) is 0 Å². The molecule has 1 aromatic carbocycles. The number of carbonyl (C=O) groups excluding carboxylic acids is 2. The molecule has 0 saturated carbocycles. The van der Waals surface area contributed by atoms with Crippen molar-refractivity contribution in [3.05, 3.63) is 24.3 Å². The van der Waals surface area contributed by atoms with Crippen molar-refractivity contribution in [1.29, 1.82) is 0 Å². The van der Waals surface area contributed by atoms with Crippen molar-refractivity contribution in [2.75, 3.05) is 18.9 Å². The van der Waals surface area contributed by atoms with Crippen molar-refractivity contribution in [3.8, 4) is 5.75 Å². The molecule has 0 spiro atoms. The third kappa shape index (κ3) is 3.00. The highest BCUT2D eigenvalue weighted by molar-refractivity contribution is 5.97. The van der Waals surface area contributed by atoms with Crippen LogP contribution in [-0.2, 0) is 9.59 Å². The number of imide groups is 1. The molecule has 1 aliphatic rings. The monoisotopic (exact) mass is 248 g/mol. The molecule has 0 unspecified atom stereocenters. The van der Waals surface area contributed by atoms with E-state index in [1.165, 1.54) is 4.90 Å². The number of piperidine rings is 1. The van der Waals surface area contributed by atoms with Gasteiger partial charge >= 0.3 is 0 Å². The summed E-state index contributed by atoms with van der Waals surface area (Å²) in [6, 6.07) is 7.06. The van der Waals surface area contributed by atoms with Crippen molar-refractivity contribution in [1.82, 2.24) is 4.90 Å². The van der Waals surface area contributed by atoms with Crippen LogP contribution in [0.25, 0.3) is 0 Å². The van der Waals surface area contributed by atoms with Crippen LogP contribution >= 0.6 is 0 Å². The predicted octanol–water partition coefficient (Wildman–Crippen LogP) is 1.19. The Morgan fingerprint density at radius 1 is 1.22 bits per heavy atom. The van der Waals surface area contributed by atoms with Gasteiger partial charge in [-0.15, -0.1) is 0 Å². The summed E-state index contributed by atoms with van der Waals surface area (Å²) in [5.74, 6) is 0.428. The number of nitrogens with zero attached hydrogens (tertiary/aromatic N) is 1. The normalized spacial score (nSPS) is 15.9. The van der Waals surface area contributed by atoms with Gasteiger partial charge in [-0.2, -0.15) is 0 Å². The third-order valence-electron chi connectivity index (χ3n) is 2.83. The fourth-order valence-corrected chi connectivity index (χ4v) is 1.91. The summed E-state index contributed by atoms with van der Waals surface area (Å²) in [6.07, 6.45) is 1.55. The van der Waals surface area contributed by atoms with E-state index in [4.69, 9.17) is 10.5 Å². The number of nitrogens with two attached hydrogens (primary N) is 1. The number of benzene rings is 1.